The number of fused-ring (bicyclic) bond motifs is 1. The van der Waals surface area contributed by atoms with Crippen LogP contribution in [0.25, 0.3) is 5.69 Å². The van der Waals surface area contributed by atoms with Crippen LogP contribution >= 0.6 is 0 Å². The first kappa shape index (κ1) is 15.7. The third-order valence-electron chi connectivity index (χ3n) is 4.94. The summed E-state index contributed by atoms with van der Waals surface area (Å²) in [5.41, 5.74) is 1.13. The SMILES string of the molecule is O=S1(=O)CC2CCN(Cc3cn(-c4ccccc4F)nn3)CC2C1. The number of aromatic nitrogens is 3. The molecule has 0 spiro atoms. The number of rotatable bonds is 3. The van der Waals surface area contributed by atoms with E-state index in [1.54, 1.807) is 24.4 Å². The van der Waals surface area contributed by atoms with Gasteiger partial charge in [-0.3, -0.25) is 4.90 Å². The van der Waals surface area contributed by atoms with Crippen molar-refractivity contribution < 1.29 is 12.8 Å². The van der Waals surface area contributed by atoms with Gasteiger partial charge >= 0.3 is 0 Å². The van der Waals surface area contributed by atoms with Crippen molar-refractivity contribution in [3.63, 3.8) is 0 Å². The van der Waals surface area contributed by atoms with Gasteiger partial charge in [0.05, 0.1) is 23.4 Å². The van der Waals surface area contributed by atoms with Crippen molar-refractivity contribution in [2.24, 2.45) is 11.8 Å². The van der Waals surface area contributed by atoms with Gasteiger partial charge in [-0.2, -0.15) is 0 Å². The van der Waals surface area contributed by atoms with E-state index in [4.69, 9.17) is 0 Å². The zero-order chi connectivity index (χ0) is 16.7. The first-order valence-corrected chi connectivity index (χ1v) is 9.91. The number of hydrogen-bond donors (Lipinski definition) is 0. The zero-order valence-corrected chi connectivity index (χ0v) is 14.0. The topological polar surface area (TPSA) is 68.1 Å². The highest BCUT2D eigenvalue weighted by atomic mass is 32.2. The Morgan fingerprint density at radius 3 is 2.83 bits per heavy atom. The Labute approximate surface area is 140 Å². The second-order valence-corrected chi connectivity index (χ2v) is 8.88. The van der Waals surface area contributed by atoms with Crippen molar-refractivity contribution >= 4 is 9.84 Å². The Bertz CT molecular complexity index is 851. The molecule has 24 heavy (non-hydrogen) atoms. The van der Waals surface area contributed by atoms with Crippen LogP contribution in [-0.4, -0.2) is 52.9 Å². The van der Waals surface area contributed by atoms with Crippen molar-refractivity contribution in [3.05, 3.63) is 42.0 Å². The Balaban J connectivity index is 1.45. The van der Waals surface area contributed by atoms with E-state index >= 15 is 0 Å². The van der Waals surface area contributed by atoms with Crippen LogP contribution in [0.4, 0.5) is 4.39 Å². The van der Waals surface area contributed by atoms with Gasteiger partial charge in [-0.25, -0.2) is 17.5 Å². The maximum absolute atomic E-state index is 13.8. The summed E-state index contributed by atoms with van der Waals surface area (Å²) in [5.74, 6) is 0.835. The van der Waals surface area contributed by atoms with Crippen molar-refractivity contribution in [1.29, 1.82) is 0 Å². The number of benzene rings is 1. The Morgan fingerprint density at radius 1 is 1.21 bits per heavy atom. The summed E-state index contributed by atoms with van der Waals surface area (Å²) in [5, 5.41) is 8.13. The van der Waals surface area contributed by atoms with Crippen LogP contribution in [0.1, 0.15) is 12.1 Å². The molecule has 0 radical (unpaired) electrons. The van der Waals surface area contributed by atoms with Crippen LogP contribution in [0.3, 0.4) is 0 Å². The van der Waals surface area contributed by atoms with E-state index < -0.39 is 9.84 Å². The molecule has 2 aliphatic heterocycles. The second-order valence-electron chi connectivity index (χ2n) is 6.73. The molecule has 2 atom stereocenters. The number of likely N-dealkylation sites (tertiary alicyclic amines) is 1. The van der Waals surface area contributed by atoms with Crippen molar-refractivity contribution in [2.45, 2.75) is 13.0 Å². The summed E-state index contributed by atoms with van der Waals surface area (Å²) in [6.45, 7) is 2.25. The van der Waals surface area contributed by atoms with E-state index in [0.717, 1.165) is 25.2 Å². The third kappa shape index (κ3) is 3.08. The number of halogens is 1. The average molecular weight is 350 g/mol. The molecule has 1 aromatic heterocycles. The smallest absolute Gasteiger partial charge is 0.150 e. The van der Waals surface area contributed by atoms with Crippen LogP contribution in [-0.2, 0) is 16.4 Å². The molecule has 0 amide bonds. The van der Waals surface area contributed by atoms with Crippen molar-refractivity contribution in [2.75, 3.05) is 24.6 Å². The van der Waals surface area contributed by atoms with E-state index in [-0.39, 0.29) is 11.7 Å². The van der Waals surface area contributed by atoms with Gasteiger partial charge in [0.2, 0.25) is 0 Å². The fourth-order valence-electron chi connectivity index (χ4n) is 3.78. The summed E-state index contributed by atoms with van der Waals surface area (Å²) >= 11 is 0. The number of hydrogen-bond acceptors (Lipinski definition) is 5. The fourth-order valence-corrected chi connectivity index (χ4v) is 6.04. The average Bonchev–Trinajstić information content (AvgIpc) is 3.10. The molecule has 0 bridgehead atoms. The van der Waals surface area contributed by atoms with Crippen LogP contribution in [0.5, 0.6) is 0 Å². The summed E-state index contributed by atoms with van der Waals surface area (Å²) in [6, 6.07) is 6.44. The molecule has 0 N–H and O–H groups in total. The van der Waals surface area contributed by atoms with Gasteiger partial charge in [-0.05, 0) is 36.9 Å². The highest BCUT2D eigenvalue weighted by molar-refractivity contribution is 7.91. The molecule has 128 valence electrons. The molecule has 2 aliphatic rings. The maximum Gasteiger partial charge on any atom is 0.150 e. The quantitative estimate of drug-likeness (QED) is 0.834. The largest absolute Gasteiger partial charge is 0.297 e. The molecule has 3 heterocycles. The molecular weight excluding hydrogens is 331 g/mol. The Hall–Kier alpha value is -1.80. The molecule has 2 saturated heterocycles. The van der Waals surface area contributed by atoms with Crippen LogP contribution in [0, 0.1) is 17.7 Å². The molecule has 8 heteroatoms. The summed E-state index contributed by atoms with van der Waals surface area (Å²) in [4.78, 5) is 2.22. The second kappa shape index (κ2) is 5.93. The molecule has 2 aromatic rings. The minimum absolute atomic E-state index is 0.227. The van der Waals surface area contributed by atoms with E-state index in [0.29, 0.717) is 29.7 Å². The molecule has 1 aromatic carbocycles. The lowest BCUT2D eigenvalue weighted by molar-refractivity contribution is 0.141. The lowest BCUT2D eigenvalue weighted by atomic mass is 9.89. The maximum atomic E-state index is 13.8. The molecule has 4 rings (SSSR count). The van der Waals surface area contributed by atoms with E-state index in [9.17, 15) is 12.8 Å². The molecular formula is C16H19FN4O2S. The van der Waals surface area contributed by atoms with Crippen molar-refractivity contribution in [1.82, 2.24) is 19.9 Å². The lowest BCUT2D eigenvalue weighted by Gasteiger charge is -2.33. The normalized spacial score (nSPS) is 26.4. The van der Waals surface area contributed by atoms with Gasteiger partial charge in [-0.1, -0.05) is 17.3 Å². The van der Waals surface area contributed by atoms with Gasteiger partial charge in [0, 0.05) is 13.1 Å². The molecule has 6 nitrogen and oxygen atoms in total. The zero-order valence-electron chi connectivity index (χ0n) is 13.2. The number of piperidine rings is 1. The monoisotopic (exact) mass is 350 g/mol. The van der Waals surface area contributed by atoms with E-state index in [1.165, 1.54) is 10.7 Å². The van der Waals surface area contributed by atoms with Gasteiger partial charge < -0.3 is 0 Å². The number of nitrogens with zero attached hydrogens (tertiary/aromatic N) is 4. The first-order valence-electron chi connectivity index (χ1n) is 8.09. The fraction of sp³-hybridized carbons (Fsp3) is 0.500. The van der Waals surface area contributed by atoms with Gasteiger partial charge in [0.25, 0.3) is 0 Å². The molecule has 2 unspecified atom stereocenters. The Morgan fingerprint density at radius 2 is 2.00 bits per heavy atom. The molecule has 2 fully saturated rings. The molecule has 0 saturated carbocycles. The van der Waals surface area contributed by atoms with E-state index in [2.05, 4.69) is 15.2 Å². The molecule has 0 aliphatic carbocycles. The lowest BCUT2D eigenvalue weighted by Crippen LogP contribution is -2.39. The standard InChI is InChI=1S/C16H19FN4O2S/c17-15-3-1-2-4-16(15)21-9-14(18-19-21)8-20-6-5-12-10-24(22,23)11-13(12)7-20/h1-4,9,12-13H,5-8,10-11H2. The van der Waals surface area contributed by atoms with E-state index in [1.807, 2.05) is 0 Å². The van der Waals surface area contributed by atoms with Gasteiger partial charge in [0.1, 0.15) is 11.5 Å². The number of para-hydroxylation sites is 1. The van der Waals surface area contributed by atoms with Gasteiger partial charge in [0.15, 0.2) is 9.84 Å². The van der Waals surface area contributed by atoms with Crippen LogP contribution in [0.15, 0.2) is 30.5 Å². The highest BCUT2D eigenvalue weighted by Gasteiger charge is 2.40. The predicted molar refractivity (Wildman–Crippen MR) is 86.8 cm³/mol. The minimum Gasteiger partial charge on any atom is -0.297 e. The first-order chi connectivity index (χ1) is 11.5. The summed E-state index contributed by atoms with van der Waals surface area (Å²) in [7, 11) is -2.86. The third-order valence-corrected chi connectivity index (χ3v) is 6.81. The minimum atomic E-state index is -2.86. The van der Waals surface area contributed by atoms with Crippen molar-refractivity contribution in [3.8, 4) is 5.69 Å². The summed E-state index contributed by atoms with van der Waals surface area (Å²) < 4.78 is 38.8. The Kier molecular flexibility index (Phi) is 3.88. The van der Waals surface area contributed by atoms with Gasteiger partial charge in [-0.15, -0.1) is 5.10 Å². The van der Waals surface area contributed by atoms with Crippen LogP contribution < -0.4 is 0 Å². The highest BCUT2D eigenvalue weighted by Crippen LogP contribution is 2.33. The predicted octanol–water partition coefficient (Wildman–Crippen LogP) is 1.27. The van der Waals surface area contributed by atoms with Crippen LogP contribution in [0.2, 0.25) is 0 Å². The number of sulfone groups is 1. The summed E-state index contributed by atoms with van der Waals surface area (Å²) in [6.07, 6.45) is 2.64.